The minimum absolute atomic E-state index is 0.0249. The third kappa shape index (κ3) is 7.03. The number of methoxy groups -OCH3 is 1. The Morgan fingerprint density at radius 1 is 1.17 bits per heavy atom. The zero-order valence-electron chi connectivity index (χ0n) is 16.6. The van der Waals surface area contributed by atoms with Crippen LogP contribution in [0.2, 0.25) is 0 Å². The van der Waals surface area contributed by atoms with Crippen molar-refractivity contribution in [1.82, 2.24) is 10.2 Å². The van der Waals surface area contributed by atoms with Gasteiger partial charge >= 0.3 is 16.1 Å². The van der Waals surface area contributed by atoms with E-state index in [0.717, 1.165) is 24.3 Å². The summed E-state index contributed by atoms with van der Waals surface area (Å²) in [6.07, 6.45) is 0. The van der Waals surface area contributed by atoms with E-state index >= 15 is 0 Å². The number of urea groups is 1. The van der Waals surface area contributed by atoms with E-state index in [4.69, 9.17) is 8.92 Å². The van der Waals surface area contributed by atoms with Gasteiger partial charge in [-0.25, -0.2) is 9.18 Å². The molecule has 0 bridgehead atoms. The Morgan fingerprint density at radius 3 is 2.48 bits per heavy atom. The van der Waals surface area contributed by atoms with Gasteiger partial charge in [0.1, 0.15) is 16.5 Å². The van der Waals surface area contributed by atoms with Gasteiger partial charge in [0.05, 0.1) is 6.61 Å². The molecule has 0 radical (unpaired) electrons. The van der Waals surface area contributed by atoms with Crippen molar-refractivity contribution in [2.75, 3.05) is 20.3 Å². The molecule has 0 saturated heterocycles. The third-order valence-corrected chi connectivity index (χ3v) is 5.11. The van der Waals surface area contributed by atoms with Gasteiger partial charge in [-0.05, 0) is 55.8 Å². The number of hydrogen-bond donors (Lipinski definition) is 1. The first-order chi connectivity index (χ1) is 13.7. The van der Waals surface area contributed by atoms with Crippen LogP contribution in [-0.2, 0) is 21.4 Å². The Kier molecular flexibility index (Phi) is 7.98. The van der Waals surface area contributed by atoms with Gasteiger partial charge < -0.3 is 19.1 Å². The maximum absolute atomic E-state index is 13.0. The number of nitrogens with zero attached hydrogens (tertiary/aromatic N) is 1. The third-order valence-electron chi connectivity index (χ3n) is 3.84. The zero-order valence-corrected chi connectivity index (χ0v) is 17.4. The van der Waals surface area contributed by atoms with Crippen molar-refractivity contribution in [3.05, 3.63) is 59.9 Å². The SMILES string of the molecule is COCCN(Cc1cccc(OS(=O)(=O)c2ccc(F)cc2)c1)C(=O)NC(C)C. The lowest BCUT2D eigenvalue weighted by Crippen LogP contribution is -2.43. The summed E-state index contributed by atoms with van der Waals surface area (Å²) in [4.78, 5) is 13.8. The molecule has 0 unspecified atom stereocenters. The molecule has 0 fully saturated rings. The second kappa shape index (κ2) is 10.2. The van der Waals surface area contributed by atoms with E-state index in [-0.39, 0.29) is 29.3 Å². The van der Waals surface area contributed by atoms with E-state index in [1.54, 1.807) is 30.2 Å². The molecule has 2 amide bonds. The zero-order chi connectivity index (χ0) is 21.4. The van der Waals surface area contributed by atoms with E-state index < -0.39 is 15.9 Å². The van der Waals surface area contributed by atoms with Gasteiger partial charge in [0.25, 0.3) is 0 Å². The van der Waals surface area contributed by atoms with Gasteiger partial charge in [-0.1, -0.05) is 12.1 Å². The Hall–Kier alpha value is -2.65. The van der Waals surface area contributed by atoms with Gasteiger partial charge in [-0.15, -0.1) is 0 Å². The predicted molar refractivity (Wildman–Crippen MR) is 107 cm³/mol. The van der Waals surface area contributed by atoms with Crippen LogP contribution in [0.5, 0.6) is 5.75 Å². The maximum atomic E-state index is 13.0. The summed E-state index contributed by atoms with van der Waals surface area (Å²) in [6.45, 7) is 4.70. The van der Waals surface area contributed by atoms with Gasteiger partial charge in [0.2, 0.25) is 0 Å². The highest BCUT2D eigenvalue weighted by molar-refractivity contribution is 7.87. The largest absolute Gasteiger partial charge is 0.383 e. The average molecular weight is 424 g/mol. The second-order valence-corrected chi connectivity index (χ2v) is 8.20. The summed E-state index contributed by atoms with van der Waals surface area (Å²) in [7, 11) is -2.55. The van der Waals surface area contributed by atoms with Crippen LogP contribution >= 0.6 is 0 Å². The molecule has 9 heteroatoms. The first-order valence-electron chi connectivity index (χ1n) is 9.04. The van der Waals surface area contributed by atoms with Crippen LogP contribution in [0.15, 0.2) is 53.4 Å². The Balaban J connectivity index is 2.16. The summed E-state index contributed by atoms with van der Waals surface area (Å²) in [6, 6.07) is 10.5. The number of nitrogens with one attached hydrogen (secondary N) is 1. The van der Waals surface area contributed by atoms with Crippen LogP contribution in [0.3, 0.4) is 0 Å². The van der Waals surface area contributed by atoms with E-state index in [9.17, 15) is 17.6 Å². The van der Waals surface area contributed by atoms with Crippen molar-refractivity contribution in [2.45, 2.75) is 31.3 Å². The van der Waals surface area contributed by atoms with Crippen LogP contribution in [0.25, 0.3) is 0 Å². The number of ether oxygens (including phenoxy) is 1. The molecule has 1 N–H and O–H groups in total. The molecule has 0 spiro atoms. The molecule has 2 aromatic carbocycles. The van der Waals surface area contributed by atoms with Crippen LogP contribution in [-0.4, -0.2) is 45.7 Å². The number of halogens is 1. The normalized spacial score (nSPS) is 11.3. The van der Waals surface area contributed by atoms with Crippen molar-refractivity contribution < 1.29 is 26.5 Å². The molecule has 0 saturated carbocycles. The van der Waals surface area contributed by atoms with Crippen molar-refractivity contribution >= 4 is 16.1 Å². The molecule has 7 nitrogen and oxygen atoms in total. The highest BCUT2D eigenvalue weighted by atomic mass is 32.2. The fraction of sp³-hybridized carbons (Fsp3) is 0.350. The van der Waals surface area contributed by atoms with Gasteiger partial charge in [-0.3, -0.25) is 0 Å². The molecule has 158 valence electrons. The van der Waals surface area contributed by atoms with Gasteiger partial charge in [0, 0.05) is 26.2 Å². The van der Waals surface area contributed by atoms with Crippen molar-refractivity contribution in [1.29, 1.82) is 0 Å². The molecule has 29 heavy (non-hydrogen) atoms. The lowest BCUT2D eigenvalue weighted by molar-refractivity contribution is 0.145. The molecule has 0 aromatic heterocycles. The average Bonchev–Trinajstić information content (AvgIpc) is 2.64. The van der Waals surface area contributed by atoms with Crippen LogP contribution in [0.4, 0.5) is 9.18 Å². The summed E-state index contributed by atoms with van der Waals surface area (Å²) in [5.74, 6) is -0.440. The second-order valence-electron chi connectivity index (χ2n) is 6.66. The molecule has 0 atom stereocenters. The molecule has 0 aliphatic carbocycles. The van der Waals surface area contributed by atoms with Crippen LogP contribution in [0.1, 0.15) is 19.4 Å². The Bertz CT molecular complexity index is 917. The molecule has 0 aliphatic rings. The number of benzene rings is 2. The molecule has 2 rings (SSSR count). The summed E-state index contributed by atoms with van der Waals surface area (Å²) in [5.41, 5.74) is 0.687. The fourth-order valence-corrected chi connectivity index (χ4v) is 3.41. The maximum Gasteiger partial charge on any atom is 0.339 e. The van der Waals surface area contributed by atoms with E-state index in [1.807, 2.05) is 13.8 Å². The number of rotatable bonds is 9. The highest BCUT2D eigenvalue weighted by Gasteiger charge is 2.18. The summed E-state index contributed by atoms with van der Waals surface area (Å²) < 4.78 is 48.0. The molecule has 0 heterocycles. The number of amides is 2. The van der Waals surface area contributed by atoms with Crippen LogP contribution in [0, 0.1) is 5.82 Å². The monoisotopic (exact) mass is 424 g/mol. The predicted octanol–water partition coefficient (Wildman–Crippen LogP) is 3.16. The van der Waals surface area contributed by atoms with E-state index in [0.29, 0.717) is 18.7 Å². The summed E-state index contributed by atoms with van der Waals surface area (Å²) >= 11 is 0. The lowest BCUT2D eigenvalue weighted by Gasteiger charge is -2.24. The molecule has 2 aromatic rings. The van der Waals surface area contributed by atoms with E-state index in [2.05, 4.69) is 5.32 Å². The molecular weight excluding hydrogens is 399 g/mol. The first kappa shape index (κ1) is 22.6. The topological polar surface area (TPSA) is 84.9 Å². The van der Waals surface area contributed by atoms with Crippen LogP contribution < -0.4 is 9.50 Å². The van der Waals surface area contributed by atoms with Gasteiger partial charge in [0.15, 0.2) is 0 Å². The lowest BCUT2D eigenvalue weighted by atomic mass is 10.2. The number of carbonyl (C=O) groups is 1. The number of carbonyl (C=O) groups excluding carboxylic acids is 1. The van der Waals surface area contributed by atoms with Crippen molar-refractivity contribution in [3.8, 4) is 5.75 Å². The number of hydrogen-bond acceptors (Lipinski definition) is 5. The van der Waals surface area contributed by atoms with Gasteiger partial charge in [-0.2, -0.15) is 8.42 Å². The van der Waals surface area contributed by atoms with Crippen molar-refractivity contribution in [3.63, 3.8) is 0 Å². The molecular formula is C20H25FN2O5S. The Labute approximate surface area is 170 Å². The fourth-order valence-electron chi connectivity index (χ4n) is 2.48. The quantitative estimate of drug-likeness (QED) is 0.625. The first-order valence-corrected chi connectivity index (χ1v) is 10.5. The minimum atomic E-state index is -4.10. The summed E-state index contributed by atoms with van der Waals surface area (Å²) in [5, 5.41) is 2.82. The van der Waals surface area contributed by atoms with E-state index in [1.165, 1.54) is 6.07 Å². The molecule has 0 aliphatic heterocycles. The smallest absolute Gasteiger partial charge is 0.339 e. The highest BCUT2D eigenvalue weighted by Crippen LogP contribution is 2.21. The Morgan fingerprint density at radius 2 is 1.86 bits per heavy atom. The van der Waals surface area contributed by atoms with Crippen molar-refractivity contribution in [2.24, 2.45) is 0 Å². The standard InChI is InChI=1S/C20H25FN2O5S/c1-15(2)22-20(24)23(11-12-27-3)14-16-5-4-6-18(13-16)28-29(25,26)19-9-7-17(21)8-10-19/h4-10,13,15H,11-12,14H2,1-3H3,(H,22,24). The minimum Gasteiger partial charge on any atom is -0.383 e.